The Balaban J connectivity index is 2.27. The molecule has 0 bridgehead atoms. The molecule has 0 aliphatic carbocycles. The first-order valence-corrected chi connectivity index (χ1v) is 7.90. The average molecular weight is 352 g/mol. The maximum Gasteiger partial charge on any atom is 0.242 e. The van der Waals surface area contributed by atoms with E-state index in [0.717, 1.165) is 0 Å². The molecule has 0 unspecified atom stereocenters. The van der Waals surface area contributed by atoms with E-state index in [9.17, 15) is 8.42 Å². The lowest BCUT2D eigenvalue weighted by molar-refractivity contribution is 0.301. The second-order valence-corrected chi connectivity index (χ2v) is 6.59. The number of ether oxygens (including phenoxy) is 1. The van der Waals surface area contributed by atoms with Gasteiger partial charge >= 0.3 is 0 Å². The zero-order valence-corrected chi connectivity index (χ0v) is 13.4. The highest BCUT2D eigenvalue weighted by atomic mass is 35.5. The van der Waals surface area contributed by atoms with E-state index in [1.165, 1.54) is 19.2 Å². The van der Waals surface area contributed by atoms with Gasteiger partial charge in [0.25, 0.3) is 0 Å². The lowest BCUT2D eigenvalue weighted by Crippen LogP contribution is -2.24. The van der Waals surface area contributed by atoms with E-state index >= 15 is 0 Å². The average Bonchev–Trinajstić information content (AvgIpc) is 2.84. The van der Waals surface area contributed by atoms with Crippen LogP contribution in [-0.4, -0.2) is 25.8 Å². The highest BCUT2D eigenvalue weighted by molar-refractivity contribution is 7.89. The number of rotatable bonds is 5. The minimum Gasteiger partial charge on any atom is -0.495 e. The van der Waals surface area contributed by atoms with Crippen molar-refractivity contribution in [3.05, 3.63) is 33.6 Å². The molecular weight excluding hydrogens is 341 g/mol. The summed E-state index contributed by atoms with van der Waals surface area (Å²) < 4.78 is 36.3. The number of hydrogen-bond donors (Lipinski definition) is 1. The number of sulfonamides is 1. The monoisotopic (exact) mass is 351 g/mol. The van der Waals surface area contributed by atoms with E-state index in [1.54, 1.807) is 6.92 Å². The molecule has 7 nitrogen and oxygen atoms in total. The Bertz CT molecular complexity index is 761. The fourth-order valence-corrected chi connectivity index (χ4v) is 3.36. The molecular formula is C11H11Cl2N3O4S. The highest BCUT2D eigenvalue weighted by Crippen LogP contribution is 2.33. The topological polar surface area (TPSA) is 94.3 Å². The lowest BCUT2D eigenvalue weighted by atomic mass is 10.3. The van der Waals surface area contributed by atoms with Crippen molar-refractivity contribution in [2.75, 3.05) is 7.11 Å². The number of nitrogens with one attached hydrogen (secondary N) is 1. The third kappa shape index (κ3) is 3.46. The fourth-order valence-electron chi connectivity index (χ4n) is 1.52. The molecule has 21 heavy (non-hydrogen) atoms. The third-order valence-corrected chi connectivity index (χ3v) is 4.83. The Labute approximate surface area is 131 Å². The molecule has 0 aliphatic heterocycles. The quantitative estimate of drug-likeness (QED) is 0.886. The summed E-state index contributed by atoms with van der Waals surface area (Å²) in [6, 6.07) is 2.56. The van der Waals surface area contributed by atoms with Gasteiger partial charge in [0.1, 0.15) is 22.0 Å². The summed E-state index contributed by atoms with van der Waals surface area (Å²) in [5.74, 6) is 0.289. The standard InChI is InChI=1S/C11H11Cl2N3O4S/c1-6-9(16-20-15-6)5-14-21(17,18)11-4-7(12)10(19-2)3-8(11)13/h3-4,14H,5H2,1-2H3. The van der Waals surface area contributed by atoms with Gasteiger partial charge in [0, 0.05) is 6.07 Å². The van der Waals surface area contributed by atoms with Crippen LogP contribution in [-0.2, 0) is 16.6 Å². The molecule has 0 fully saturated rings. The van der Waals surface area contributed by atoms with Crippen LogP contribution in [0.2, 0.25) is 10.0 Å². The Morgan fingerprint density at radius 2 is 2.00 bits per heavy atom. The first kappa shape index (κ1) is 16.0. The minimum atomic E-state index is -3.86. The van der Waals surface area contributed by atoms with Gasteiger partial charge in [0.2, 0.25) is 10.0 Å². The van der Waals surface area contributed by atoms with Crippen LogP contribution in [0.15, 0.2) is 21.7 Å². The minimum absolute atomic E-state index is 0.00116. The molecule has 114 valence electrons. The number of hydrogen-bond acceptors (Lipinski definition) is 6. The Kier molecular flexibility index (Phi) is 4.72. The zero-order chi connectivity index (χ0) is 15.6. The van der Waals surface area contributed by atoms with Crippen molar-refractivity contribution in [3.63, 3.8) is 0 Å². The molecule has 1 N–H and O–H groups in total. The number of nitrogens with zero attached hydrogens (tertiary/aromatic N) is 2. The van der Waals surface area contributed by atoms with Crippen LogP contribution < -0.4 is 9.46 Å². The third-order valence-electron chi connectivity index (χ3n) is 2.67. The van der Waals surface area contributed by atoms with Crippen LogP contribution in [0.4, 0.5) is 0 Å². The van der Waals surface area contributed by atoms with Crippen LogP contribution in [0, 0.1) is 6.92 Å². The van der Waals surface area contributed by atoms with E-state index < -0.39 is 10.0 Å². The van der Waals surface area contributed by atoms with Crippen molar-refractivity contribution in [2.45, 2.75) is 18.4 Å². The molecule has 1 heterocycles. The van der Waals surface area contributed by atoms with Crippen molar-refractivity contribution in [1.29, 1.82) is 0 Å². The first-order chi connectivity index (χ1) is 9.85. The summed E-state index contributed by atoms with van der Waals surface area (Å²) in [7, 11) is -2.46. The first-order valence-electron chi connectivity index (χ1n) is 5.66. The van der Waals surface area contributed by atoms with Gasteiger partial charge in [-0.1, -0.05) is 33.5 Å². The molecule has 0 saturated heterocycles. The van der Waals surface area contributed by atoms with E-state index in [0.29, 0.717) is 11.4 Å². The van der Waals surface area contributed by atoms with Gasteiger partial charge in [-0.15, -0.1) is 0 Å². The molecule has 0 aliphatic rings. The molecule has 0 amide bonds. The summed E-state index contributed by atoms with van der Waals surface area (Å²) in [4.78, 5) is -0.149. The van der Waals surface area contributed by atoms with Gasteiger partial charge in [0.15, 0.2) is 0 Å². The van der Waals surface area contributed by atoms with Gasteiger partial charge in [-0.3, -0.25) is 0 Å². The SMILES string of the molecule is COc1cc(Cl)c(S(=O)(=O)NCc2nonc2C)cc1Cl. The number of methoxy groups -OCH3 is 1. The van der Waals surface area contributed by atoms with Gasteiger partial charge in [0.05, 0.1) is 23.7 Å². The van der Waals surface area contributed by atoms with Gasteiger partial charge < -0.3 is 4.74 Å². The molecule has 0 atom stereocenters. The fraction of sp³-hybridized carbons (Fsp3) is 0.273. The van der Waals surface area contributed by atoms with E-state index in [2.05, 4.69) is 19.7 Å². The maximum atomic E-state index is 12.2. The van der Waals surface area contributed by atoms with E-state index in [1.807, 2.05) is 0 Å². The summed E-state index contributed by atoms with van der Waals surface area (Å²) in [6.07, 6.45) is 0. The summed E-state index contributed by atoms with van der Waals surface area (Å²) in [6.45, 7) is 1.58. The summed E-state index contributed by atoms with van der Waals surface area (Å²) in [5, 5.41) is 7.29. The van der Waals surface area contributed by atoms with Crippen LogP contribution in [0.25, 0.3) is 0 Å². The molecule has 0 spiro atoms. The molecule has 10 heteroatoms. The predicted molar refractivity (Wildman–Crippen MR) is 76.1 cm³/mol. The summed E-state index contributed by atoms with van der Waals surface area (Å²) in [5.41, 5.74) is 0.880. The smallest absolute Gasteiger partial charge is 0.242 e. The largest absolute Gasteiger partial charge is 0.495 e. The number of halogens is 2. The number of benzene rings is 1. The van der Waals surface area contributed by atoms with Crippen LogP contribution >= 0.6 is 23.2 Å². The van der Waals surface area contributed by atoms with E-state index in [4.69, 9.17) is 27.9 Å². The van der Waals surface area contributed by atoms with Crippen molar-refractivity contribution < 1.29 is 17.8 Å². The highest BCUT2D eigenvalue weighted by Gasteiger charge is 2.21. The lowest BCUT2D eigenvalue weighted by Gasteiger charge is -2.10. The van der Waals surface area contributed by atoms with Gasteiger partial charge in [-0.05, 0) is 13.0 Å². The number of aromatic nitrogens is 2. The van der Waals surface area contributed by atoms with E-state index in [-0.39, 0.29) is 27.2 Å². The molecule has 1 aromatic heterocycles. The van der Waals surface area contributed by atoms with Crippen molar-refractivity contribution in [1.82, 2.24) is 15.0 Å². The predicted octanol–water partition coefficient (Wildman–Crippen LogP) is 2.17. The van der Waals surface area contributed by atoms with Gasteiger partial charge in [-0.25, -0.2) is 17.8 Å². The second-order valence-electron chi connectivity index (χ2n) is 4.04. The van der Waals surface area contributed by atoms with Crippen LogP contribution in [0.3, 0.4) is 0 Å². The van der Waals surface area contributed by atoms with Crippen molar-refractivity contribution in [3.8, 4) is 5.75 Å². The maximum absolute atomic E-state index is 12.2. The Morgan fingerprint density at radius 3 is 2.57 bits per heavy atom. The molecule has 0 saturated carbocycles. The van der Waals surface area contributed by atoms with Crippen LogP contribution in [0.1, 0.15) is 11.4 Å². The normalized spacial score (nSPS) is 11.6. The molecule has 1 aromatic carbocycles. The van der Waals surface area contributed by atoms with Gasteiger partial charge in [-0.2, -0.15) is 0 Å². The molecule has 0 radical (unpaired) electrons. The Hall–Kier alpha value is -1.35. The molecule has 2 rings (SSSR count). The molecule has 2 aromatic rings. The van der Waals surface area contributed by atoms with Crippen molar-refractivity contribution in [2.24, 2.45) is 0 Å². The van der Waals surface area contributed by atoms with Crippen LogP contribution in [0.5, 0.6) is 5.75 Å². The Morgan fingerprint density at radius 1 is 1.29 bits per heavy atom. The summed E-state index contributed by atoms with van der Waals surface area (Å²) >= 11 is 11.9. The zero-order valence-electron chi connectivity index (χ0n) is 11.1. The number of aryl methyl sites for hydroxylation is 1. The van der Waals surface area contributed by atoms with Crippen molar-refractivity contribution >= 4 is 33.2 Å². The second kappa shape index (κ2) is 6.18.